The molecule has 94 valence electrons. The normalized spacial score (nSPS) is 12.2. The minimum absolute atomic E-state index is 0.00189. The van der Waals surface area contributed by atoms with Crippen LogP contribution in [0.1, 0.15) is 18.9 Å². The van der Waals surface area contributed by atoms with E-state index in [-0.39, 0.29) is 35.6 Å². The summed E-state index contributed by atoms with van der Waals surface area (Å²) >= 11 is 5.81. The van der Waals surface area contributed by atoms with Crippen LogP contribution in [0.3, 0.4) is 0 Å². The molecule has 0 spiro atoms. The fraction of sp³-hybridized carbons (Fsp3) is 0.417. The number of carbonyl (C=O) groups is 1. The van der Waals surface area contributed by atoms with Gasteiger partial charge in [0.2, 0.25) is 5.91 Å². The van der Waals surface area contributed by atoms with Crippen LogP contribution in [0.15, 0.2) is 18.2 Å². The van der Waals surface area contributed by atoms with E-state index in [1.165, 1.54) is 12.1 Å². The summed E-state index contributed by atoms with van der Waals surface area (Å²) in [4.78, 5) is 11.6. The van der Waals surface area contributed by atoms with Gasteiger partial charge in [0.1, 0.15) is 5.82 Å². The van der Waals surface area contributed by atoms with Gasteiger partial charge in [-0.05, 0) is 25.5 Å². The van der Waals surface area contributed by atoms with Gasteiger partial charge >= 0.3 is 0 Å². The first-order valence-electron chi connectivity index (χ1n) is 5.37. The standard InChI is InChI=1S/C12H15ClFNO2/c1-8(5-6-16)15-12(17)7-9-10(13)3-2-4-11(9)14/h2-4,8,16H,5-7H2,1H3,(H,15,17). The average molecular weight is 260 g/mol. The number of halogens is 2. The van der Waals surface area contributed by atoms with E-state index in [4.69, 9.17) is 16.7 Å². The molecule has 1 amide bonds. The van der Waals surface area contributed by atoms with Crippen molar-refractivity contribution in [2.75, 3.05) is 6.61 Å². The molecule has 0 aliphatic carbocycles. The molecule has 1 aromatic rings. The number of hydrogen-bond acceptors (Lipinski definition) is 2. The highest BCUT2D eigenvalue weighted by Crippen LogP contribution is 2.19. The third-order valence-corrected chi connectivity index (χ3v) is 2.72. The van der Waals surface area contributed by atoms with Crippen molar-refractivity contribution in [3.8, 4) is 0 Å². The minimum atomic E-state index is -0.484. The Morgan fingerprint density at radius 3 is 2.88 bits per heavy atom. The fourth-order valence-corrected chi connectivity index (χ4v) is 1.68. The largest absolute Gasteiger partial charge is 0.396 e. The number of nitrogens with one attached hydrogen (secondary N) is 1. The summed E-state index contributed by atoms with van der Waals surface area (Å²) < 4.78 is 13.4. The molecule has 1 atom stereocenters. The number of rotatable bonds is 5. The SMILES string of the molecule is CC(CCO)NC(=O)Cc1c(F)cccc1Cl. The van der Waals surface area contributed by atoms with Gasteiger partial charge in [-0.1, -0.05) is 17.7 Å². The molecule has 1 rings (SSSR count). The summed E-state index contributed by atoms with van der Waals surface area (Å²) in [6.07, 6.45) is 0.373. The summed E-state index contributed by atoms with van der Waals surface area (Å²) in [6.45, 7) is 1.78. The van der Waals surface area contributed by atoms with Crippen molar-refractivity contribution in [2.24, 2.45) is 0 Å². The van der Waals surface area contributed by atoms with Crippen molar-refractivity contribution >= 4 is 17.5 Å². The van der Waals surface area contributed by atoms with E-state index in [0.29, 0.717) is 6.42 Å². The molecule has 0 radical (unpaired) electrons. The lowest BCUT2D eigenvalue weighted by molar-refractivity contribution is -0.121. The van der Waals surface area contributed by atoms with Crippen LogP contribution >= 0.6 is 11.6 Å². The van der Waals surface area contributed by atoms with Crippen LogP contribution < -0.4 is 5.32 Å². The van der Waals surface area contributed by atoms with E-state index in [1.54, 1.807) is 13.0 Å². The Morgan fingerprint density at radius 1 is 1.59 bits per heavy atom. The molecule has 0 fully saturated rings. The molecule has 0 saturated carbocycles. The number of carbonyl (C=O) groups excluding carboxylic acids is 1. The Hall–Kier alpha value is -1.13. The van der Waals surface area contributed by atoms with E-state index in [0.717, 1.165) is 0 Å². The molecule has 3 nitrogen and oxygen atoms in total. The molecular formula is C12H15ClFNO2. The molecule has 0 heterocycles. The van der Waals surface area contributed by atoms with Gasteiger partial charge in [0.15, 0.2) is 0 Å². The quantitative estimate of drug-likeness (QED) is 0.849. The molecule has 0 aromatic heterocycles. The summed E-state index contributed by atoms with van der Waals surface area (Å²) in [7, 11) is 0. The van der Waals surface area contributed by atoms with Crippen LogP contribution in [0, 0.1) is 5.82 Å². The van der Waals surface area contributed by atoms with Gasteiger partial charge in [-0.3, -0.25) is 4.79 Å². The predicted octanol–water partition coefficient (Wildman–Crippen LogP) is 1.91. The van der Waals surface area contributed by atoms with Crippen LogP contribution in [-0.4, -0.2) is 23.7 Å². The van der Waals surface area contributed by atoms with Crippen LogP contribution in [-0.2, 0) is 11.2 Å². The van der Waals surface area contributed by atoms with Crippen molar-refractivity contribution in [3.05, 3.63) is 34.6 Å². The Kier molecular flexibility index (Phi) is 5.38. The average Bonchev–Trinajstić information content (AvgIpc) is 2.24. The summed E-state index contributed by atoms with van der Waals surface area (Å²) in [5.41, 5.74) is 0.197. The molecule has 2 N–H and O–H groups in total. The van der Waals surface area contributed by atoms with Crippen molar-refractivity contribution in [1.82, 2.24) is 5.32 Å². The molecule has 5 heteroatoms. The van der Waals surface area contributed by atoms with Gasteiger partial charge in [-0.15, -0.1) is 0 Å². The molecular weight excluding hydrogens is 245 g/mol. The molecule has 0 aliphatic heterocycles. The lowest BCUT2D eigenvalue weighted by atomic mass is 10.1. The number of hydrogen-bond donors (Lipinski definition) is 2. The van der Waals surface area contributed by atoms with Crippen molar-refractivity contribution < 1.29 is 14.3 Å². The third-order valence-electron chi connectivity index (χ3n) is 2.37. The van der Waals surface area contributed by atoms with E-state index < -0.39 is 5.82 Å². The van der Waals surface area contributed by atoms with Gasteiger partial charge in [-0.2, -0.15) is 0 Å². The highest BCUT2D eigenvalue weighted by Gasteiger charge is 2.13. The van der Waals surface area contributed by atoms with E-state index >= 15 is 0 Å². The van der Waals surface area contributed by atoms with E-state index in [9.17, 15) is 9.18 Å². The smallest absolute Gasteiger partial charge is 0.224 e. The van der Waals surface area contributed by atoms with Gasteiger partial charge < -0.3 is 10.4 Å². The third kappa shape index (κ3) is 4.32. The maximum absolute atomic E-state index is 13.4. The summed E-state index contributed by atoms with van der Waals surface area (Å²) in [5, 5.41) is 11.6. The van der Waals surface area contributed by atoms with E-state index in [1.807, 2.05) is 0 Å². The monoisotopic (exact) mass is 259 g/mol. The maximum atomic E-state index is 13.4. The molecule has 1 unspecified atom stereocenters. The lowest BCUT2D eigenvalue weighted by Crippen LogP contribution is -2.34. The number of benzene rings is 1. The van der Waals surface area contributed by atoms with Crippen molar-refractivity contribution in [2.45, 2.75) is 25.8 Å². The Bertz CT molecular complexity index is 378. The molecule has 1 aromatic carbocycles. The second-order valence-electron chi connectivity index (χ2n) is 3.86. The highest BCUT2D eigenvalue weighted by atomic mass is 35.5. The zero-order valence-corrected chi connectivity index (χ0v) is 10.3. The number of aliphatic hydroxyl groups excluding tert-OH is 1. The molecule has 0 aliphatic rings. The predicted molar refractivity (Wildman–Crippen MR) is 64.4 cm³/mol. The fourth-order valence-electron chi connectivity index (χ4n) is 1.45. The van der Waals surface area contributed by atoms with Crippen LogP contribution in [0.5, 0.6) is 0 Å². The van der Waals surface area contributed by atoms with Crippen molar-refractivity contribution in [3.63, 3.8) is 0 Å². The molecule has 0 saturated heterocycles. The second-order valence-corrected chi connectivity index (χ2v) is 4.27. The highest BCUT2D eigenvalue weighted by molar-refractivity contribution is 6.31. The van der Waals surface area contributed by atoms with Crippen LogP contribution in [0.4, 0.5) is 4.39 Å². The van der Waals surface area contributed by atoms with Gasteiger partial charge in [0.25, 0.3) is 0 Å². The first-order chi connectivity index (χ1) is 8.04. The second kappa shape index (κ2) is 6.57. The molecule has 0 bridgehead atoms. The number of amides is 1. The van der Waals surface area contributed by atoms with Crippen molar-refractivity contribution in [1.29, 1.82) is 0 Å². The minimum Gasteiger partial charge on any atom is -0.396 e. The zero-order chi connectivity index (χ0) is 12.8. The Labute approximate surface area is 105 Å². The Balaban J connectivity index is 2.62. The Morgan fingerprint density at radius 2 is 2.29 bits per heavy atom. The maximum Gasteiger partial charge on any atom is 0.224 e. The van der Waals surface area contributed by atoms with Gasteiger partial charge in [-0.25, -0.2) is 4.39 Å². The van der Waals surface area contributed by atoms with Crippen LogP contribution in [0.25, 0.3) is 0 Å². The zero-order valence-electron chi connectivity index (χ0n) is 9.54. The van der Waals surface area contributed by atoms with E-state index in [2.05, 4.69) is 5.32 Å². The molecule has 17 heavy (non-hydrogen) atoms. The van der Waals surface area contributed by atoms with Gasteiger partial charge in [0.05, 0.1) is 6.42 Å². The summed E-state index contributed by atoms with van der Waals surface area (Å²) in [5.74, 6) is -0.791. The lowest BCUT2D eigenvalue weighted by Gasteiger charge is -2.13. The van der Waals surface area contributed by atoms with Crippen LogP contribution in [0.2, 0.25) is 5.02 Å². The van der Waals surface area contributed by atoms with Gasteiger partial charge in [0, 0.05) is 23.2 Å². The summed E-state index contributed by atoms with van der Waals surface area (Å²) in [6, 6.07) is 4.17. The number of aliphatic hydroxyl groups is 1. The topological polar surface area (TPSA) is 49.3 Å². The first-order valence-corrected chi connectivity index (χ1v) is 5.75. The first kappa shape index (κ1) is 13.9.